The van der Waals surface area contributed by atoms with Crippen molar-refractivity contribution < 1.29 is 32.2 Å². The molecule has 0 spiro atoms. The molecule has 2 aromatic rings. The Balaban J connectivity index is 1.93. The number of hydrogen-bond acceptors (Lipinski definition) is 4. The Labute approximate surface area is 136 Å². The van der Waals surface area contributed by atoms with Crippen molar-refractivity contribution in [2.75, 3.05) is 13.2 Å². The standard InChI is InChI=1S/C17H15F3O4/c1-2-22-16(21)11-23-13-7-9-15(10-8-13)24-14-5-3-12(4-6-14)17(18,19)20/h3-10H,2,11H2,1H3. The van der Waals surface area contributed by atoms with Gasteiger partial charge in [0.25, 0.3) is 0 Å². The fourth-order valence-electron chi connectivity index (χ4n) is 1.80. The van der Waals surface area contributed by atoms with E-state index >= 15 is 0 Å². The Morgan fingerprint density at radius 3 is 1.92 bits per heavy atom. The van der Waals surface area contributed by atoms with Crippen molar-refractivity contribution in [2.24, 2.45) is 0 Å². The zero-order chi connectivity index (χ0) is 17.6. The molecule has 2 aromatic carbocycles. The van der Waals surface area contributed by atoms with Gasteiger partial charge < -0.3 is 14.2 Å². The summed E-state index contributed by atoms with van der Waals surface area (Å²) in [5, 5.41) is 0. The lowest BCUT2D eigenvalue weighted by Crippen LogP contribution is -2.14. The van der Waals surface area contributed by atoms with E-state index in [0.29, 0.717) is 11.5 Å². The largest absolute Gasteiger partial charge is 0.482 e. The maximum Gasteiger partial charge on any atom is 0.416 e. The number of ether oxygens (including phenoxy) is 3. The molecular weight excluding hydrogens is 325 g/mol. The van der Waals surface area contributed by atoms with E-state index in [4.69, 9.17) is 14.2 Å². The first-order valence-corrected chi connectivity index (χ1v) is 7.12. The van der Waals surface area contributed by atoms with E-state index in [1.165, 1.54) is 12.1 Å². The molecule has 0 bridgehead atoms. The van der Waals surface area contributed by atoms with Crippen LogP contribution in [0.5, 0.6) is 17.2 Å². The molecule has 0 aliphatic heterocycles. The van der Waals surface area contributed by atoms with E-state index in [2.05, 4.69) is 0 Å². The van der Waals surface area contributed by atoms with Crippen LogP contribution < -0.4 is 9.47 Å². The monoisotopic (exact) mass is 340 g/mol. The molecule has 0 saturated carbocycles. The third-order valence-electron chi connectivity index (χ3n) is 2.90. The summed E-state index contributed by atoms with van der Waals surface area (Å²) in [6.07, 6.45) is -4.38. The molecule has 0 fully saturated rings. The van der Waals surface area contributed by atoms with Gasteiger partial charge in [-0.2, -0.15) is 13.2 Å². The van der Waals surface area contributed by atoms with Crippen molar-refractivity contribution in [3.8, 4) is 17.2 Å². The van der Waals surface area contributed by atoms with Gasteiger partial charge in [-0.15, -0.1) is 0 Å². The van der Waals surface area contributed by atoms with Crippen molar-refractivity contribution in [1.29, 1.82) is 0 Å². The summed E-state index contributed by atoms with van der Waals surface area (Å²) < 4.78 is 52.8. The van der Waals surface area contributed by atoms with Gasteiger partial charge in [-0.3, -0.25) is 0 Å². The van der Waals surface area contributed by atoms with Crippen molar-refractivity contribution >= 4 is 5.97 Å². The van der Waals surface area contributed by atoms with Crippen molar-refractivity contribution in [3.05, 3.63) is 54.1 Å². The molecule has 24 heavy (non-hydrogen) atoms. The molecule has 4 nitrogen and oxygen atoms in total. The topological polar surface area (TPSA) is 44.8 Å². The molecule has 128 valence electrons. The normalized spacial score (nSPS) is 11.0. The number of carbonyl (C=O) groups is 1. The van der Waals surface area contributed by atoms with E-state index in [-0.39, 0.29) is 19.0 Å². The van der Waals surface area contributed by atoms with E-state index in [9.17, 15) is 18.0 Å². The molecular formula is C17H15F3O4. The Morgan fingerprint density at radius 2 is 1.42 bits per heavy atom. The van der Waals surface area contributed by atoms with Crippen LogP contribution in [-0.2, 0) is 15.7 Å². The molecule has 0 atom stereocenters. The number of carbonyl (C=O) groups excluding carboxylic acids is 1. The predicted molar refractivity (Wildman–Crippen MR) is 80.1 cm³/mol. The second kappa shape index (κ2) is 7.72. The number of benzene rings is 2. The third-order valence-corrected chi connectivity index (χ3v) is 2.90. The minimum atomic E-state index is -4.38. The first-order chi connectivity index (χ1) is 11.4. The fourth-order valence-corrected chi connectivity index (χ4v) is 1.80. The maximum atomic E-state index is 12.5. The van der Waals surface area contributed by atoms with Crippen LogP contribution in [0.25, 0.3) is 0 Å². The molecule has 0 heterocycles. The van der Waals surface area contributed by atoms with E-state index in [0.717, 1.165) is 12.1 Å². The molecule has 0 radical (unpaired) electrons. The van der Waals surface area contributed by atoms with Gasteiger partial charge in [0, 0.05) is 0 Å². The predicted octanol–water partition coefficient (Wildman–Crippen LogP) is 4.44. The average molecular weight is 340 g/mol. The van der Waals surface area contributed by atoms with Gasteiger partial charge in [0.15, 0.2) is 6.61 Å². The Bertz CT molecular complexity index is 664. The Morgan fingerprint density at radius 1 is 0.917 bits per heavy atom. The maximum absolute atomic E-state index is 12.5. The lowest BCUT2D eigenvalue weighted by molar-refractivity contribution is -0.145. The summed E-state index contributed by atoms with van der Waals surface area (Å²) in [7, 11) is 0. The van der Waals surface area contributed by atoms with Crippen molar-refractivity contribution in [3.63, 3.8) is 0 Å². The summed E-state index contributed by atoms with van der Waals surface area (Å²) in [5.74, 6) is 0.687. The summed E-state index contributed by atoms with van der Waals surface area (Å²) in [5.41, 5.74) is -0.738. The first-order valence-electron chi connectivity index (χ1n) is 7.12. The Kier molecular flexibility index (Phi) is 5.68. The fraction of sp³-hybridized carbons (Fsp3) is 0.235. The molecule has 0 aromatic heterocycles. The van der Waals surface area contributed by atoms with Crippen LogP contribution in [0.4, 0.5) is 13.2 Å². The molecule has 7 heteroatoms. The summed E-state index contributed by atoms with van der Waals surface area (Å²) in [4.78, 5) is 11.2. The minimum absolute atomic E-state index is 0.201. The van der Waals surface area contributed by atoms with E-state index in [1.807, 2.05) is 0 Å². The van der Waals surface area contributed by atoms with Gasteiger partial charge >= 0.3 is 12.1 Å². The highest BCUT2D eigenvalue weighted by Crippen LogP contribution is 2.31. The molecule has 0 unspecified atom stereocenters. The average Bonchev–Trinajstić information content (AvgIpc) is 2.54. The number of esters is 1. The van der Waals surface area contributed by atoms with Crippen molar-refractivity contribution in [1.82, 2.24) is 0 Å². The first kappa shape index (κ1) is 17.7. The molecule has 0 aliphatic rings. The third kappa shape index (κ3) is 5.19. The van der Waals surface area contributed by atoms with Gasteiger partial charge in [-0.25, -0.2) is 4.79 Å². The van der Waals surface area contributed by atoms with Crippen LogP contribution in [0.3, 0.4) is 0 Å². The van der Waals surface area contributed by atoms with Crippen LogP contribution in [0, 0.1) is 0 Å². The lowest BCUT2D eigenvalue weighted by atomic mass is 10.2. The summed E-state index contributed by atoms with van der Waals surface area (Å²) >= 11 is 0. The number of alkyl halides is 3. The zero-order valence-corrected chi connectivity index (χ0v) is 12.8. The molecule has 0 N–H and O–H groups in total. The highest BCUT2D eigenvalue weighted by atomic mass is 19.4. The SMILES string of the molecule is CCOC(=O)COc1ccc(Oc2ccc(C(F)(F)F)cc2)cc1. The van der Waals surface area contributed by atoms with Gasteiger partial charge in [0.1, 0.15) is 17.2 Å². The van der Waals surface area contributed by atoms with Crippen molar-refractivity contribution in [2.45, 2.75) is 13.1 Å². The lowest BCUT2D eigenvalue weighted by Gasteiger charge is -2.10. The molecule has 2 rings (SSSR count). The van der Waals surface area contributed by atoms with E-state index < -0.39 is 17.7 Å². The molecule has 0 amide bonds. The zero-order valence-electron chi connectivity index (χ0n) is 12.8. The van der Waals surface area contributed by atoms with Crippen LogP contribution in [0.2, 0.25) is 0 Å². The molecule has 0 aliphatic carbocycles. The summed E-state index contributed by atoms with van der Waals surface area (Å²) in [6.45, 7) is 1.78. The highest BCUT2D eigenvalue weighted by Gasteiger charge is 2.30. The van der Waals surface area contributed by atoms with E-state index in [1.54, 1.807) is 31.2 Å². The summed E-state index contributed by atoms with van der Waals surface area (Å²) in [6, 6.07) is 10.7. The highest BCUT2D eigenvalue weighted by molar-refractivity contribution is 5.71. The minimum Gasteiger partial charge on any atom is -0.482 e. The second-order valence-electron chi connectivity index (χ2n) is 4.69. The Hall–Kier alpha value is -2.70. The number of halogens is 3. The number of hydrogen-bond donors (Lipinski definition) is 0. The second-order valence-corrected chi connectivity index (χ2v) is 4.69. The van der Waals surface area contributed by atoms with Crippen LogP contribution in [0.1, 0.15) is 12.5 Å². The van der Waals surface area contributed by atoms with Crippen LogP contribution in [-0.4, -0.2) is 19.2 Å². The van der Waals surface area contributed by atoms with Gasteiger partial charge in [-0.05, 0) is 55.5 Å². The smallest absolute Gasteiger partial charge is 0.416 e. The van der Waals surface area contributed by atoms with Gasteiger partial charge in [0.2, 0.25) is 0 Å². The van der Waals surface area contributed by atoms with Gasteiger partial charge in [0.05, 0.1) is 12.2 Å². The quantitative estimate of drug-likeness (QED) is 0.729. The van der Waals surface area contributed by atoms with Gasteiger partial charge in [-0.1, -0.05) is 0 Å². The number of rotatable bonds is 6. The molecule has 0 saturated heterocycles. The van der Waals surface area contributed by atoms with Crippen LogP contribution >= 0.6 is 0 Å². The van der Waals surface area contributed by atoms with Crippen LogP contribution in [0.15, 0.2) is 48.5 Å².